The summed E-state index contributed by atoms with van der Waals surface area (Å²) in [6.45, 7) is 3.56. The number of H-pyrrole nitrogens is 1. The Labute approximate surface area is 241 Å². The SMILES string of the molecule is CC(NC(=O)c1c(N)nn2c1NCC=C2)c1cc(Cl)c2cn[nH]c2c1C1=CCN(C(=O)OCc2ccccc2)CC1. The summed E-state index contributed by atoms with van der Waals surface area (Å²) in [5.74, 6) is 0.335. The Bertz CT molecular complexity index is 1690. The Morgan fingerprint density at radius 2 is 2.10 bits per heavy atom. The first-order valence-corrected chi connectivity index (χ1v) is 13.7. The number of aromatic nitrogens is 4. The highest BCUT2D eigenvalue weighted by Crippen LogP contribution is 2.38. The predicted octanol–water partition coefficient (Wildman–Crippen LogP) is 4.81. The number of nitrogen functional groups attached to an aromatic ring is 1. The molecule has 1 unspecified atom stereocenters. The summed E-state index contributed by atoms with van der Waals surface area (Å²) in [5.41, 5.74) is 10.8. The molecule has 4 heterocycles. The number of ether oxygens (including phenoxy) is 1. The number of anilines is 2. The molecule has 0 bridgehead atoms. The summed E-state index contributed by atoms with van der Waals surface area (Å²) in [6, 6.07) is 11.0. The van der Waals surface area contributed by atoms with Gasteiger partial charge in [0, 0.05) is 36.8 Å². The van der Waals surface area contributed by atoms with E-state index in [1.807, 2.05) is 55.5 Å². The number of rotatable bonds is 6. The van der Waals surface area contributed by atoms with Crippen LogP contribution < -0.4 is 16.4 Å². The first-order valence-electron chi connectivity index (χ1n) is 13.3. The molecule has 0 spiro atoms. The van der Waals surface area contributed by atoms with Gasteiger partial charge in [0.05, 0.1) is 22.8 Å². The molecule has 12 heteroatoms. The number of amides is 2. The molecule has 11 nitrogen and oxygen atoms in total. The van der Waals surface area contributed by atoms with Gasteiger partial charge in [-0.1, -0.05) is 48.0 Å². The molecule has 0 aliphatic carbocycles. The second kappa shape index (κ2) is 11.0. The Balaban J connectivity index is 1.25. The van der Waals surface area contributed by atoms with E-state index in [4.69, 9.17) is 22.1 Å². The molecule has 41 heavy (non-hydrogen) atoms. The van der Waals surface area contributed by atoms with Crippen LogP contribution in [0.1, 0.15) is 46.4 Å². The number of nitrogens with one attached hydrogen (secondary N) is 3. The van der Waals surface area contributed by atoms with Gasteiger partial charge >= 0.3 is 6.09 Å². The van der Waals surface area contributed by atoms with Gasteiger partial charge in [0.25, 0.3) is 5.91 Å². The topological polar surface area (TPSA) is 143 Å². The van der Waals surface area contributed by atoms with Crippen LogP contribution in [0.15, 0.2) is 54.7 Å². The molecule has 0 saturated carbocycles. The van der Waals surface area contributed by atoms with Crippen LogP contribution in [0.4, 0.5) is 16.4 Å². The first kappa shape index (κ1) is 26.5. The van der Waals surface area contributed by atoms with Gasteiger partial charge in [-0.2, -0.15) is 5.10 Å². The van der Waals surface area contributed by atoms with Gasteiger partial charge in [-0.25, -0.2) is 9.48 Å². The molecule has 4 aromatic rings. The van der Waals surface area contributed by atoms with Crippen molar-refractivity contribution in [3.8, 4) is 0 Å². The maximum Gasteiger partial charge on any atom is 0.410 e. The monoisotopic (exact) mass is 572 g/mol. The molecule has 0 fully saturated rings. The maximum atomic E-state index is 13.4. The molecule has 1 atom stereocenters. The smallest absolute Gasteiger partial charge is 0.410 e. The summed E-state index contributed by atoms with van der Waals surface area (Å²) in [6.07, 6.45) is 7.58. The van der Waals surface area contributed by atoms with Crippen LogP contribution in [0.5, 0.6) is 0 Å². The fourth-order valence-corrected chi connectivity index (χ4v) is 5.52. The minimum atomic E-state index is -0.438. The molecule has 5 N–H and O–H groups in total. The van der Waals surface area contributed by atoms with Gasteiger partial charge < -0.3 is 26.0 Å². The first-order chi connectivity index (χ1) is 19.9. The molecular weight excluding hydrogens is 544 g/mol. The second-order valence-corrected chi connectivity index (χ2v) is 10.4. The molecule has 2 aliphatic heterocycles. The lowest BCUT2D eigenvalue weighted by Crippen LogP contribution is -2.35. The predicted molar refractivity (Wildman–Crippen MR) is 158 cm³/mol. The normalized spacial score (nSPS) is 15.2. The highest BCUT2D eigenvalue weighted by molar-refractivity contribution is 6.35. The fraction of sp³-hybridized carbons (Fsp3) is 0.241. The number of carbonyl (C=O) groups is 2. The number of nitrogens with two attached hydrogens (primary N) is 1. The highest BCUT2D eigenvalue weighted by Gasteiger charge is 2.28. The van der Waals surface area contributed by atoms with E-state index in [1.54, 1.807) is 22.0 Å². The molecule has 0 radical (unpaired) electrons. The number of aromatic amines is 1. The van der Waals surface area contributed by atoms with Gasteiger partial charge in [-0.15, -0.1) is 5.10 Å². The van der Waals surface area contributed by atoms with Gasteiger partial charge in [0.2, 0.25) is 0 Å². The number of halogens is 1. The van der Waals surface area contributed by atoms with E-state index in [1.165, 1.54) is 0 Å². The van der Waals surface area contributed by atoms with Crippen LogP contribution in [0.2, 0.25) is 5.02 Å². The van der Waals surface area contributed by atoms with Crippen molar-refractivity contribution in [1.82, 2.24) is 30.2 Å². The molecule has 210 valence electrons. The van der Waals surface area contributed by atoms with Gasteiger partial charge in [0.1, 0.15) is 18.0 Å². The van der Waals surface area contributed by atoms with Crippen molar-refractivity contribution in [2.24, 2.45) is 0 Å². The third kappa shape index (κ3) is 5.11. The number of benzene rings is 2. The molecule has 2 amide bonds. The van der Waals surface area contributed by atoms with E-state index in [-0.39, 0.29) is 30.0 Å². The minimum absolute atomic E-state index is 0.139. The van der Waals surface area contributed by atoms with Crippen LogP contribution in [-0.4, -0.2) is 56.5 Å². The van der Waals surface area contributed by atoms with Crippen molar-refractivity contribution < 1.29 is 14.3 Å². The largest absolute Gasteiger partial charge is 0.445 e. The average Bonchev–Trinajstić information content (AvgIpc) is 3.61. The summed E-state index contributed by atoms with van der Waals surface area (Å²) < 4.78 is 7.08. The van der Waals surface area contributed by atoms with E-state index in [2.05, 4.69) is 25.9 Å². The summed E-state index contributed by atoms with van der Waals surface area (Å²) in [5, 5.41) is 19.1. The molecular formula is C29H29ClN8O3. The van der Waals surface area contributed by atoms with Crippen molar-refractivity contribution in [2.45, 2.75) is 26.0 Å². The number of carbonyl (C=O) groups excluding carboxylic acids is 2. The zero-order valence-corrected chi connectivity index (χ0v) is 23.1. The molecule has 0 saturated heterocycles. The lowest BCUT2D eigenvalue weighted by Gasteiger charge is -2.28. The van der Waals surface area contributed by atoms with Crippen molar-refractivity contribution in [3.63, 3.8) is 0 Å². The minimum Gasteiger partial charge on any atom is -0.445 e. The zero-order chi connectivity index (χ0) is 28.5. The summed E-state index contributed by atoms with van der Waals surface area (Å²) in [4.78, 5) is 27.8. The Hall–Kier alpha value is -4.77. The Morgan fingerprint density at radius 1 is 1.27 bits per heavy atom. The van der Waals surface area contributed by atoms with E-state index >= 15 is 0 Å². The molecule has 6 rings (SSSR count). The standard InChI is InChI=1S/C29H29ClN8O3/c1-17(34-28(39)24-26(31)36-38-11-5-10-32-27(24)38)20-14-22(30)21-15-33-35-25(21)23(20)19-8-12-37(13-9-19)29(40)41-16-18-6-3-2-4-7-18/h2-8,11,14-15,17,32H,9-10,12-13,16H2,1H3,(H2,31,36)(H,33,35)(H,34,39). The summed E-state index contributed by atoms with van der Waals surface area (Å²) >= 11 is 6.65. The average molecular weight is 573 g/mol. The summed E-state index contributed by atoms with van der Waals surface area (Å²) in [7, 11) is 0. The Morgan fingerprint density at radius 3 is 2.88 bits per heavy atom. The Kier molecular flexibility index (Phi) is 7.10. The lowest BCUT2D eigenvalue weighted by atomic mass is 9.90. The van der Waals surface area contributed by atoms with Crippen LogP contribution >= 0.6 is 11.6 Å². The third-order valence-electron chi connectivity index (χ3n) is 7.32. The van der Waals surface area contributed by atoms with Crippen LogP contribution in [0, 0.1) is 0 Å². The van der Waals surface area contributed by atoms with Gasteiger partial charge in [-0.05, 0) is 42.2 Å². The number of fused-ring (bicyclic) bond motifs is 2. The van der Waals surface area contributed by atoms with Crippen LogP contribution in [0.3, 0.4) is 0 Å². The molecule has 2 aliphatic rings. The number of nitrogens with zero attached hydrogens (tertiary/aromatic N) is 4. The van der Waals surface area contributed by atoms with Crippen molar-refractivity contribution in [2.75, 3.05) is 30.7 Å². The van der Waals surface area contributed by atoms with Crippen molar-refractivity contribution in [3.05, 3.63) is 82.0 Å². The van der Waals surface area contributed by atoms with E-state index in [0.29, 0.717) is 36.9 Å². The maximum absolute atomic E-state index is 13.4. The third-order valence-corrected chi connectivity index (χ3v) is 7.64. The quantitative estimate of drug-likeness (QED) is 0.260. The number of hydrogen-bond donors (Lipinski definition) is 4. The number of hydrogen-bond acceptors (Lipinski definition) is 7. The van der Waals surface area contributed by atoms with E-state index in [9.17, 15) is 9.59 Å². The van der Waals surface area contributed by atoms with Gasteiger partial charge in [0.15, 0.2) is 5.82 Å². The van der Waals surface area contributed by atoms with E-state index < -0.39 is 6.04 Å². The van der Waals surface area contributed by atoms with Crippen LogP contribution in [0.25, 0.3) is 22.7 Å². The van der Waals surface area contributed by atoms with E-state index in [0.717, 1.165) is 33.2 Å². The van der Waals surface area contributed by atoms with Gasteiger partial charge in [-0.3, -0.25) is 9.89 Å². The van der Waals surface area contributed by atoms with Crippen molar-refractivity contribution in [1.29, 1.82) is 0 Å². The zero-order valence-electron chi connectivity index (χ0n) is 22.4. The second-order valence-electron chi connectivity index (χ2n) is 9.96. The van der Waals surface area contributed by atoms with Crippen LogP contribution in [-0.2, 0) is 11.3 Å². The molecule has 2 aromatic heterocycles. The molecule has 2 aromatic carbocycles. The van der Waals surface area contributed by atoms with Crippen molar-refractivity contribution >= 4 is 57.9 Å². The fourth-order valence-electron chi connectivity index (χ4n) is 5.26. The highest BCUT2D eigenvalue weighted by atomic mass is 35.5. The lowest BCUT2D eigenvalue weighted by molar-refractivity contribution is 0.0940.